The van der Waals surface area contributed by atoms with Gasteiger partial charge >= 0.3 is 0 Å². The van der Waals surface area contributed by atoms with Gasteiger partial charge in [0.1, 0.15) is 9.79 Å². The van der Waals surface area contributed by atoms with Crippen LogP contribution >= 0.6 is 0 Å². The summed E-state index contributed by atoms with van der Waals surface area (Å²) in [6, 6.07) is 5.44. The molecule has 1 fully saturated rings. The molecule has 0 aromatic heterocycles. The maximum Gasteiger partial charge on any atom is 0.244 e. The molecule has 19 heavy (non-hydrogen) atoms. The first-order chi connectivity index (χ1) is 8.83. The van der Waals surface area contributed by atoms with Gasteiger partial charge in [-0.05, 0) is 25.0 Å². The zero-order chi connectivity index (χ0) is 14.1. The van der Waals surface area contributed by atoms with E-state index in [1.54, 1.807) is 0 Å². The first kappa shape index (κ1) is 14.4. The van der Waals surface area contributed by atoms with Crippen LogP contribution in [-0.2, 0) is 20.0 Å². The molecule has 1 saturated heterocycles. The van der Waals surface area contributed by atoms with E-state index in [1.165, 1.54) is 28.6 Å². The van der Waals surface area contributed by atoms with E-state index in [0.717, 1.165) is 19.3 Å². The molecule has 0 amide bonds. The minimum Gasteiger partial charge on any atom is -0.225 e. The predicted octanol–water partition coefficient (Wildman–Crippen LogP) is 0.509. The van der Waals surface area contributed by atoms with Gasteiger partial charge in [0.2, 0.25) is 20.0 Å². The van der Waals surface area contributed by atoms with Gasteiger partial charge in [0, 0.05) is 13.1 Å². The molecule has 8 heteroatoms. The summed E-state index contributed by atoms with van der Waals surface area (Å²) in [5, 5.41) is 5.07. The second kappa shape index (κ2) is 5.20. The third kappa shape index (κ3) is 2.97. The topological polar surface area (TPSA) is 97.5 Å². The summed E-state index contributed by atoms with van der Waals surface area (Å²) in [5.41, 5.74) is 0. The molecule has 2 rings (SSSR count). The third-order valence-electron chi connectivity index (χ3n) is 3.09. The predicted molar refractivity (Wildman–Crippen MR) is 70.4 cm³/mol. The molecule has 1 aromatic carbocycles. The molecule has 6 nitrogen and oxygen atoms in total. The number of benzene rings is 1. The van der Waals surface area contributed by atoms with Crippen LogP contribution in [0.25, 0.3) is 0 Å². The first-order valence-electron chi connectivity index (χ1n) is 5.95. The molecule has 1 aliphatic heterocycles. The van der Waals surface area contributed by atoms with E-state index in [2.05, 4.69) is 0 Å². The maximum absolute atomic E-state index is 12.5. The largest absolute Gasteiger partial charge is 0.244 e. The summed E-state index contributed by atoms with van der Waals surface area (Å²) in [4.78, 5) is -0.583. The van der Waals surface area contributed by atoms with Crippen molar-refractivity contribution >= 4 is 20.0 Å². The molecule has 1 heterocycles. The van der Waals surface area contributed by atoms with Crippen LogP contribution in [0.1, 0.15) is 19.3 Å². The summed E-state index contributed by atoms with van der Waals surface area (Å²) in [7, 11) is -7.86. The number of sulfonamides is 2. The van der Waals surface area contributed by atoms with Gasteiger partial charge in [-0.3, -0.25) is 0 Å². The average Bonchev–Trinajstić information content (AvgIpc) is 2.39. The van der Waals surface area contributed by atoms with Crippen LogP contribution < -0.4 is 5.14 Å². The van der Waals surface area contributed by atoms with Gasteiger partial charge in [0.25, 0.3) is 0 Å². The van der Waals surface area contributed by atoms with E-state index in [4.69, 9.17) is 5.14 Å². The number of piperidine rings is 1. The number of hydrogen-bond donors (Lipinski definition) is 1. The van der Waals surface area contributed by atoms with E-state index in [-0.39, 0.29) is 9.79 Å². The van der Waals surface area contributed by atoms with Gasteiger partial charge in [-0.25, -0.2) is 22.0 Å². The van der Waals surface area contributed by atoms with Crippen molar-refractivity contribution in [1.82, 2.24) is 4.31 Å². The van der Waals surface area contributed by atoms with E-state index in [9.17, 15) is 16.8 Å². The fourth-order valence-electron chi connectivity index (χ4n) is 2.14. The Balaban J connectivity index is 2.52. The maximum atomic E-state index is 12.5. The van der Waals surface area contributed by atoms with Crippen molar-refractivity contribution in [3.63, 3.8) is 0 Å². The highest BCUT2D eigenvalue weighted by atomic mass is 32.2. The Morgan fingerprint density at radius 2 is 1.42 bits per heavy atom. The minimum atomic E-state index is -4.06. The second-order valence-electron chi connectivity index (χ2n) is 4.46. The van der Waals surface area contributed by atoms with Crippen LogP contribution in [0.15, 0.2) is 34.1 Å². The Hall–Kier alpha value is -0.960. The monoisotopic (exact) mass is 304 g/mol. The molecular formula is C11H16N2O4S2. The molecule has 0 atom stereocenters. The van der Waals surface area contributed by atoms with E-state index in [1.807, 2.05) is 0 Å². The highest BCUT2D eigenvalue weighted by Crippen LogP contribution is 2.25. The number of rotatable bonds is 3. The lowest BCUT2D eigenvalue weighted by Crippen LogP contribution is -2.36. The van der Waals surface area contributed by atoms with Gasteiger partial charge < -0.3 is 0 Å². The smallest absolute Gasteiger partial charge is 0.225 e. The molecule has 0 unspecified atom stereocenters. The van der Waals surface area contributed by atoms with E-state index >= 15 is 0 Å². The fraction of sp³-hybridized carbons (Fsp3) is 0.455. The number of nitrogens with two attached hydrogens (primary N) is 1. The standard InChI is InChI=1S/C11H16N2O4S2/c12-18(14,15)10-6-2-3-7-11(10)19(16,17)13-8-4-1-5-9-13/h2-3,6-7H,1,4-5,8-9H2,(H2,12,14,15). The van der Waals surface area contributed by atoms with Gasteiger partial charge in [-0.1, -0.05) is 18.6 Å². The summed E-state index contributed by atoms with van der Waals surface area (Å²) in [6.45, 7) is 0.836. The van der Waals surface area contributed by atoms with Crippen molar-refractivity contribution in [2.24, 2.45) is 5.14 Å². The Bertz CT molecular complexity index is 662. The number of hydrogen-bond acceptors (Lipinski definition) is 4. The summed E-state index contributed by atoms with van der Waals surface area (Å²) in [6.07, 6.45) is 2.57. The second-order valence-corrected chi connectivity index (χ2v) is 7.89. The van der Waals surface area contributed by atoms with Gasteiger partial charge in [0.15, 0.2) is 0 Å². The quantitative estimate of drug-likeness (QED) is 0.879. The van der Waals surface area contributed by atoms with Crippen molar-refractivity contribution < 1.29 is 16.8 Å². The van der Waals surface area contributed by atoms with Crippen LogP contribution in [0, 0.1) is 0 Å². The average molecular weight is 304 g/mol. The highest BCUT2D eigenvalue weighted by molar-refractivity contribution is 7.92. The summed E-state index contributed by atoms with van der Waals surface area (Å²) in [5.74, 6) is 0. The number of nitrogens with zero attached hydrogens (tertiary/aromatic N) is 1. The lowest BCUT2D eigenvalue weighted by molar-refractivity contribution is 0.346. The number of primary sulfonamides is 1. The SMILES string of the molecule is NS(=O)(=O)c1ccccc1S(=O)(=O)N1CCCCC1. The van der Waals surface area contributed by atoms with Crippen LogP contribution in [0.2, 0.25) is 0 Å². The molecule has 0 saturated carbocycles. The van der Waals surface area contributed by atoms with Crippen LogP contribution in [-0.4, -0.2) is 34.2 Å². The summed E-state index contributed by atoms with van der Waals surface area (Å²) < 4.78 is 49.2. The molecule has 106 valence electrons. The van der Waals surface area contributed by atoms with Gasteiger partial charge in [-0.2, -0.15) is 4.31 Å². The first-order valence-corrected chi connectivity index (χ1v) is 8.94. The molecule has 0 bridgehead atoms. The minimum absolute atomic E-state index is 0.237. The van der Waals surface area contributed by atoms with Crippen molar-refractivity contribution in [3.8, 4) is 0 Å². The molecule has 0 radical (unpaired) electrons. The Labute approximate surface area is 113 Å². The normalized spacial score (nSPS) is 18.4. The Morgan fingerprint density at radius 3 is 1.95 bits per heavy atom. The van der Waals surface area contributed by atoms with Crippen LogP contribution in [0.5, 0.6) is 0 Å². The zero-order valence-electron chi connectivity index (χ0n) is 10.3. The van der Waals surface area contributed by atoms with Crippen molar-refractivity contribution in [3.05, 3.63) is 24.3 Å². The van der Waals surface area contributed by atoms with Crippen molar-refractivity contribution in [2.75, 3.05) is 13.1 Å². The van der Waals surface area contributed by atoms with Crippen molar-refractivity contribution in [2.45, 2.75) is 29.1 Å². The fourth-order valence-corrected chi connectivity index (χ4v) is 5.01. The third-order valence-corrected chi connectivity index (χ3v) is 6.14. The zero-order valence-corrected chi connectivity index (χ0v) is 12.0. The molecular weight excluding hydrogens is 288 g/mol. The van der Waals surface area contributed by atoms with Crippen LogP contribution in [0.4, 0.5) is 0 Å². The summed E-state index contributed by atoms with van der Waals surface area (Å²) >= 11 is 0. The van der Waals surface area contributed by atoms with Crippen molar-refractivity contribution in [1.29, 1.82) is 0 Å². The Morgan fingerprint density at radius 1 is 0.895 bits per heavy atom. The van der Waals surface area contributed by atoms with E-state index in [0.29, 0.717) is 13.1 Å². The van der Waals surface area contributed by atoms with Gasteiger partial charge in [0.05, 0.1) is 0 Å². The lowest BCUT2D eigenvalue weighted by Gasteiger charge is -2.26. The molecule has 1 aromatic rings. The molecule has 1 aliphatic rings. The van der Waals surface area contributed by atoms with E-state index < -0.39 is 20.0 Å². The molecule has 0 aliphatic carbocycles. The molecule has 2 N–H and O–H groups in total. The Kier molecular flexibility index (Phi) is 3.95. The highest BCUT2D eigenvalue weighted by Gasteiger charge is 2.30. The van der Waals surface area contributed by atoms with Crippen LogP contribution in [0.3, 0.4) is 0 Å². The lowest BCUT2D eigenvalue weighted by atomic mass is 10.2. The molecule has 0 spiro atoms. The van der Waals surface area contributed by atoms with Gasteiger partial charge in [-0.15, -0.1) is 0 Å².